The first-order valence-electron chi connectivity index (χ1n) is 7.12. The van der Waals surface area contributed by atoms with Gasteiger partial charge in [0.2, 0.25) is 5.89 Å². The number of nitrogens with zero attached hydrogens (tertiary/aromatic N) is 4. The highest BCUT2D eigenvalue weighted by Gasteiger charge is 2.09. The van der Waals surface area contributed by atoms with Gasteiger partial charge in [0.15, 0.2) is 13.7 Å². The maximum atomic E-state index is 5.97. The molecule has 3 aromatic heterocycles. The van der Waals surface area contributed by atoms with Gasteiger partial charge in [-0.1, -0.05) is 12.1 Å². The average molecular weight is 301 g/mol. The van der Waals surface area contributed by atoms with Crippen LogP contribution in [0.4, 0.5) is 5.82 Å². The number of rotatable bonds is 2. The summed E-state index contributed by atoms with van der Waals surface area (Å²) in [6.07, 6.45) is 3.17. The predicted molar refractivity (Wildman–Crippen MR) is 90.9 cm³/mol. The van der Waals surface area contributed by atoms with Crippen LogP contribution in [0.15, 0.2) is 53.3 Å². The lowest BCUT2D eigenvalue weighted by molar-refractivity contribution is 0.574. The van der Waals surface area contributed by atoms with E-state index in [9.17, 15) is 0 Å². The number of hydrogen-bond acceptors (Lipinski definition) is 6. The molecule has 2 N–H and O–H groups in total. The second-order valence-corrected chi connectivity index (χ2v) is 5.14. The van der Waals surface area contributed by atoms with E-state index in [-0.39, 0.29) is 0 Å². The molecule has 1 aromatic carbocycles. The van der Waals surface area contributed by atoms with E-state index in [1.54, 1.807) is 12.5 Å². The molecule has 23 heavy (non-hydrogen) atoms. The van der Waals surface area contributed by atoms with Crippen LogP contribution in [0.1, 0.15) is 0 Å². The van der Waals surface area contributed by atoms with Crippen LogP contribution in [0.5, 0.6) is 0 Å². The molecule has 4 rings (SSSR count). The minimum atomic E-state index is 0.387. The minimum Gasteiger partial charge on any atom is -0.445 e. The van der Waals surface area contributed by atoms with Gasteiger partial charge in [0.1, 0.15) is 11.8 Å². The molecule has 3 heterocycles. The van der Waals surface area contributed by atoms with E-state index in [4.69, 9.17) is 10.2 Å². The highest BCUT2D eigenvalue weighted by atomic mass is 16.3. The summed E-state index contributed by atoms with van der Waals surface area (Å²) in [4.78, 5) is 17.3. The molecule has 0 aliphatic rings. The molecular weight excluding hydrogens is 289 g/mol. The summed E-state index contributed by atoms with van der Waals surface area (Å²) in [6, 6.07) is 11.7. The lowest BCUT2D eigenvalue weighted by atomic mass is 10.1. The molecule has 0 saturated heterocycles. The Labute approximate surface area is 132 Å². The van der Waals surface area contributed by atoms with Crippen molar-refractivity contribution in [3.63, 3.8) is 0 Å². The van der Waals surface area contributed by atoms with Crippen LogP contribution in [0.25, 0.3) is 33.7 Å². The van der Waals surface area contributed by atoms with Gasteiger partial charge in [0, 0.05) is 11.1 Å². The van der Waals surface area contributed by atoms with Crippen molar-refractivity contribution in [3.05, 3.63) is 48.9 Å². The lowest BCUT2D eigenvalue weighted by Crippen LogP contribution is -2.15. The first kappa shape index (κ1) is 13.4. The molecule has 0 atom stereocenters. The van der Waals surface area contributed by atoms with Gasteiger partial charge in [-0.15, -0.1) is 0 Å². The zero-order valence-corrected chi connectivity index (χ0v) is 12.4. The number of oxazole rings is 1. The molecule has 110 valence electrons. The molecule has 0 bridgehead atoms. The molecule has 0 saturated carbocycles. The number of aromatic nitrogens is 4. The molecule has 0 aliphatic carbocycles. The first-order valence-corrected chi connectivity index (χ1v) is 7.12. The fourth-order valence-electron chi connectivity index (χ4n) is 2.50. The molecule has 0 aliphatic heterocycles. The van der Waals surface area contributed by atoms with Crippen molar-refractivity contribution in [2.24, 2.45) is 0 Å². The first-order chi connectivity index (χ1) is 11.2. The Balaban J connectivity index is 1.85. The normalized spacial score (nSPS) is 11.0. The zero-order chi connectivity index (χ0) is 15.8. The fraction of sp³-hybridized carbons (Fsp3) is 0. The van der Waals surface area contributed by atoms with Crippen LogP contribution in [0.3, 0.4) is 0 Å². The van der Waals surface area contributed by atoms with E-state index >= 15 is 0 Å². The van der Waals surface area contributed by atoms with Gasteiger partial charge >= 0.3 is 0 Å². The Kier molecular flexibility index (Phi) is 3.04. The van der Waals surface area contributed by atoms with E-state index in [0.29, 0.717) is 22.9 Å². The SMILES string of the molecule is Bc1nc(N)c2nc(-c3cccc(-c4ncco4)c3)ccc2n1. The summed E-state index contributed by atoms with van der Waals surface area (Å²) < 4.78 is 5.34. The zero-order valence-electron chi connectivity index (χ0n) is 12.4. The van der Waals surface area contributed by atoms with Gasteiger partial charge in [0.25, 0.3) is 0 Å². The summed E-state index contributed by atoms with van der Waals surface area (Å²) in [6.45, 7) is 0. The Morgan fingerprint density at radius 1 is 1.00 bits per heavy atom. The molecule has 0 spiro atoms. The molecule has 0 radical (unpaired) electrons. The smallest absolute Gasteiger partial charge is 0.225 e. The third-order valence-electron chi connectivity index (χ3n) is 3.52. The minimum absolute atomic E-state index is 0.387. The van der Waals surface area contributed by atoms with Crippen molar-refractivity contribution < 1.29 is 4.42 Å². The highest BCUT2D eigenvalue weighted by Crippen LogP contribution is 2.26. The Bertz CT molecular complexity index is 1000. The fourth-order valence-corrected chi connectivity index (χ4v) is 2.50. The third-order valence-corrected chi connectivity index (χ3v) is 3.52. The maximum Gasteiger partial charge on any atom is 0.225 e. The third kappa shape index (κ3) is 2.42. The largest absolute Gasteiger partial charge is 0.445 e. The Hall–Kier alpha value is -3.22. The van der Waals surface area contributed by atoms with E-state index in [1.165, 1.54) is 0 Å². The summed E-state index contributed by atoms with van der Waals surface area (Å²) in [7, 11) is 1.81. The number of anilines is 1. The average Bonchev–Trinajstić information content (AvgIpc) is 3.09. The molecular formula is C16H12BN5O. The summed E-state index contributed by atoms with van der Waals surface area (Å²) >= 11 is 0. The second kappa shape index (κ2) is 5.21. The van der Waals surface area contributed by atoms with Gasteiger partial charge in [0.05, 0.1) is 23.1 Å². The Morgan fingerprint density at radius 3 is 2.70 bits per heavy atom. The van der Waals surface area contributed by atoms with E-state index in [0.717, 1.165) is 22.3 Å². The number of fused-ring (bicyclic) bond motifs is 1. The highest BCUT2D eigenvalue weighted by molar-refractivity contribution is 6.29. The van der Waals surface area contributed by atoms with Gasteiger partial charge in [-0.2, -0.15) is 0 Å². The molecule has 0 amide bonds. The van der Waals surface area contributed by atoms with Crippen LogP contribution in [0, 0.1) is 0 Å². The van der Waals surface area contributed by atoms with E-state index < -0.39 is 0 Å². The van der Waals surface area contributed by atoms with Crippen molar-refractivity contribution in [2.75, 3.05) is 5.73 Å². The van der Waals surface area contributed by atoms with Crippen molar-refractivity contribution in [2.45, 2.75) is 0 Å². The summed E-state index contributed by atoms with van der Waals surface area (Å²) in [5.74, 6) is 0.962. The molecule has 0 fully saturated rings. The number of nitrogens with two attached hydrogens (primary N) is 1. The van der Waals surface area contributed by atoms with E-state index in [2.05, 4.69) is 19.9 Å². The van der Waals surface area contributed by atoms with Gasteiger partial charge in [-0.05, 0) is 24.3 Å². The van der Waals surface area contributed by atoms with Crippen molar-refractivity contribution in [1.82, 2.24) is 19.9 Å². The van der Waals surface area contributed by atoms with Crippen molar-refractivity contribution in [3.8, 4) is 22.7 Å². The molecule has 4 aromatic rings. The van der Waals surface area contributed by atoms with Crippen LogP contribution in [-0.2, 0) is 0 Å². The summed E-state index contributed by atoms with van der Waals surface area (Å²) in [5, 5.41) is 0. The second-order valence-electron chi connectivity index (χ2n) is 5.14. The lowest BCUT2D eigenvalue weighted by Gasteiger charge is -2.06. The maximum absolute atomic E-state index is 5.97. The number of hydrogen-bond donors (Lipinski definition) is 1. The monoisotopic (exact) mass is 301 g/mol. The quantitative estimate of drug-likeness (QED) is 0.559. The topological polar surface area (TPSA) is 90.7 Å². The van der Waals surface area contributed by atoms with Crippen molar-refractivity contribution in [1.29, 1.82) is 0 Å². The van der Waals surface area contributed by atoms with Gasteiger partial charge < -0.3 is 10.2 Å². The van der Waals surface area contributed by atoms with E-state index in [1.807, 2.05) is 44.2 Å². The molecule has 7 heteroatoms. The molecule has 6 nitrogen and oxygen atoms in total. The van der Waals surface area contributed by atoms with Crippen LogP contribution in [-0.4, -0.2) is 27.8 Å². The van der Waals surface area contributed by atoms with Crippen LogP contribution in [0.2, 0.25) is 0 Å². The number of nitrogen functional groups attached to an aromatic ring is 1. The molecule has 0 unspecified atom stereocenters. The van der Waals surface area contributed by atoms with Crippen LogP contribution < -0.4 is 11.5 Å². The number of benzene rings is 1. The number of pyridine rings is 1. The summed E-state index contributed by atoms with van der Waals surface area (Å²) in [5.41, 5.74) is 10.6. The predicted octanol–water partition coefficient (Wildman–Crippen LogP) is 1.19. The van der Waals surface area contributed by atoms with Gasteiger partial charge in [-0.25, -0.2) is 19.9 Å². The standard InChI is InChI=1S/C16H12BN5O/c17-16-21-12-5-4-11(20-13(12)14(18)22-16)9-2-1-3-10(8-9)15-19-6-7-23-15/h1-8H,17H2,(H2,18,21,22). The van der Waals surface area contributed by atoms with Crippen molar-refractivity contribution >= 4 is 30.4 Å². The van der Waals surface area contributed by atoms with Gasteiger partial charge in [-0.3, -0.25) is 0 Å². The van der Waals surface area contributed by atoms with Crippen LogP contribution >= 0.6 is 0 Å². The Morgan fingerprint density at radius 2 is 1.87 bits per heavy atom.